The second-order valence-corrected chi connectivity index (χ2v) is 11.0. The van der Waals surface area contributed by atoms with Gasteiger partial charge in [-0.1, -0.05) is 39.8 Å². The molecule has 0 unspecified atom stereocenters. The van der Waals surface area contributed by atoms with Crippen LogP contribution < -0.4 is 0 Å². The molecule has 0 spiro atoms. The Balaban J connectivity index is 1.58. The van der Waals surface area contributed by atoms with E-state index >= 15 is 0 Å². The normalized spacial score (nSPS) is 54.3. The third-order valence-corrected chi connectivity index (χ3v) is 9.96. The molecule has 9 atom stereocenters. The van der Waals surface area contributed by atoms with Gasteiger partial charge in [0.1, 0.15) is 0 Å². The predicted molar refractivity (Wildman–Crippen MR) is 107 cm³/mol. The van der Waals surface area contributed by atoms with Gasteiger partial charge >= 0.3 is 0 Å². The van der Waals surface area contributed by atoms with Crippen molar-refractivity contribution >= 4 is 0 Å². The number of allylic oxidation sites excluding steroid dienone is 2. The summed E-state index contributed by atoms with van der Waals surface area (Å²) in [6.45, 7) is 9.77. The Hall–Kier alpha value is -0.340. The fourth-order valence-corrected chi connectivity index (χ4v) is 8.08. The average molecular weight is 361 g/mol. The Morgan fingerprint density at radius 1 is 1.04 bits per heavy atom. The van der Waals surface area contributed by atoms with Crippen LogP contribution in [0.5, 0.6) is 0 Å². The maximum absolute atomic E-state index is 10.9. The largest absolute Gasteiger partial charge is 0.396 e. The summed E-state index contributed by atoms with van der Waals surface area (Å²) in [5, 5.41) is 20.7. The molecule has 0 radical (unpaired) electrons. The first-order valence-corrected chi connectivity index (χ1v) is 11.3. The van der Waals surface area contributed by atoms with E-state index in [1.807, 2.05) is 0 Å². The van der Waals surface area contributed by atoms with Gasteiger partial charge in [0.05, 0.1) is 5.60 Å². The van der Waals surface area contributed by atoms with Crippen molar-refractivity contribution in [3.8, 4) is 0 Å². The van der Waals surface area contributed by atoms with Gasteiger partial charge in [0, 0.05) is 6.61 Å². The van der Waals surface area contributed by atoms with Gasteiger partial charge in [0.2, 0.25) is 0 Å². The molecule has 0 aromatic heterocycles. The smallest absolute Gasteiger partial charge is 0.0648 e. The molecule has 4 aliphatic rings. The van der Waals surface area contributed by atoms with Crippen LogP contribution in [0.15, 0.2) is 12.2 Å². The molecule has 0 aromatic rings. The number of aliphatic hydroxyl groups is 2. The molecular weight excluding hydrogens is 320 g/mol. The molecule has 0 aromatic carbocycles. The van der Waals surface area contributed by atoms with Crippen molar-refractivity contribution in [1.29, 1.82) is 0 Å². The highest BCUT2D eigenvalue weighted by atomic mass is 16.3. The summed E-state index contributed by atoms with van der Waals surface area (Å²) in [5.41, 5.74) is 0.389. The van der Waals surface area contributed by atoms with Crippen LogP contribution in [-0.4, -0.2) is 22.4 Å². The van der Waals surface area contributed by atoms with E-state index < -0.39 is 5.60 Å². The summed E-state index contributed by atoms with van der Waals surface area (Å²) in [5.74, 6) is 3.97. The minimum Gasteiger partial charge on any atom is -0.396 e. The molecule has 0 saturated heterocycles. The third-order valence-electron chi connectivity index (χ3n) is 9.96. The minimum absolute atomic E-state index is 0.306. The van der Waals surface area contributed by atoms with E-state index in [2.05, 4.69) is 39.8 Å². The fraction of sp³-hybridized carbons (Fsp3) is 0.917. The maximum Gasteiger partial charge on any atom is 0.0648 e. The van der Waals surface area contributed by atoms with Crippen molar-refractivity contribution in [3.05, 3.63) is 12.2 Å². The second-order valence-electron chi connectivity index (χ2n) is 11.0. The van der Waals surface area contributed by atoms with E-state index in [9.17, 15) is 10.2 Å². The molecule has 3 saturated carbocycles. The van der Waals surface area contributed by atoms with Crippen LogP contribution in [0.4, 0.5) is 0 Å². The predicted octanol–water partition coefficient (Wildman–Crippen LogP) is 5.19. The van der Waals surface area contributed by atoms with Crippen LogP contribution in [0.1, 0.15) is 79.1 Å². The summed E-state index contributed by atoms with van der Waals surface area (Å²) < 4.78 is 0. The maximum atomic E-state index is 10.9. The molecule has 26 heavy (non-hydrogen) atoms. The molecule has 0 heterocycles. The van der Waals surface area contributed by atoms with E-state index in [-0.39, 0.29) is 0 Å². The molecule has 0 bridgehead atoms. The first kappa shape index (κ1) is 19.0. The first-order chi connectivity index (χ1) is 12.3. The van der Waals surface area contributed by atoms with E-state index in [1.165, 1.54) is 32.1 Å². The molecule has 2 heteroatoms. The standard InChI is InChI=1S/C24H40O2/c1-5-24(26)13-12-22(3)17(14-24)6-7-18-20-9-8-19(16(2)15-25)23(20,4)11-10-21(18)22/h8-9,16-21,25-26H,5-7,10-15H2,1-4H3/t16-,17-,18+,19-,20+,21+,22+,23-,24+/m1/s1. The summed E-state index contributed by atoms with van der Waals surface area (Å²) >= 11 is 0. The van der Waals surface area contributed by atoms with Gasteiger partial charge in [-0.3, -0.25) is 0 Å². The van der Waals surface area contributed by atoms with Crippen LogP contribution in [0.25, 0.3) is 0 Å². The molecule has 4 aliphatic carbocycles. The van der Waals surface area contributed by atoms with E-state index in [1.54, 1.807) is 0 Å². The van der Waals surface area contributed by atoms with Crippen molar-refractivity contribution < 1.29 is 10.2 Å². The van der Waals surface area contributed by atoms with Crippen LogP contribution in [0.3, 0.4) is 0 Å². The monoisotopic (exact) mass is 360 g/mol. The molecular formula is C24H40O2. The van der Waals surface area contributed by atoms with E-state index in [0.29, 0.717) is 41.1 Å². The Morgan fingerprint density at radius 2 is 1.81 bits per heavy atom. The highest BCUT2D eigenvalue weighted by Gasteiger charge is 2.60. The van der Waals surface area contributed by atoms with Gasteiger partial charge in [0.15, 0.2) is 0 Å². The third kappa shape index (κ3) is 2.58. The van der Waals surface area contributed by atoms with Gasteiger partial charge in [0.25, 0.3) is 0 Å². The number of hydrogen-bond donors (Lipinski definition) is 2. The van der Waals surface area contributed by atoms with Crippen LogP contribution in [0, 0.1) is 46.3 Å². The molecule has 4 rings (SSSR count). The lowest BCUT2D eigenvalue weighted by molar-refractivity contribution is -0.149. The van der Waals surface area contributed by atoms with Crippen LogP contribution >= 0.6 is 0 Å². The van der Waals surface area contributed by atoms with Crippen LogP contribution in [0.2, 0.25) is 0 Å². The van der Waals surface area contributed by atoms with Crippen molar-refractivity contribution in [2.45, 2.75) is 84.7 Å². The van der Waals surface area contributed by atoms with E-state index in [4.69, 9.17) is 0 Å². The molecule has 0 aliphatic heterocycles. The quantitative estimate of drug-likeness (QED) is 0.680. The van der Waals surface area contributed by atoms with Crippen molar-refractivity contribution in [3.63, 3.8) is 0 Å². The highest BCUT2D eigenvalue weighted by Crippen LogP contribution is 2.67. The van der Waals surface area contributed by atoms with Gasteiger partial charge in [-0.25, -0.2) is 0 Å². The molecule has 148 valence electrons. The van der Waals surface area contributed by atoms with Gasteiger partial charge in [-0.15, -0.1) is 0 Å². The molecule has 0 amide bonds. The Morgan fingerprint density at radius 3 is 2.50 bits per heavy atom. The number of fused-ring (bicyclic) bond motifs is 5. The molecule has 2 nitrogen and oxygen atoms in total. The zero-order valence-corrected chi connectivity index (χ0v) is 17.4. The zero-order chi connectivity index (χ0) is 18.7. The Kier molecular flexibility index (Phi) is 4.63. The first-order valence-electron chi connectivity index (χ1n) is 11.3. The highest BCUT2D eigenvalue weighted by molar-refractivity contribution is 5.20. The van der Waals surface area contributed by atoms with E-state index in [0.717, 1.165) is 31.1 Å². The fourth-order valence-electron chi connectivity index (χ4n) is 8.08. The zero-order valence-electron chi connectivity index (χ0n) is 17.4. The second kappa shape index (κ2) is 6.34. The lowest BCUT2D eigenvalue weighted by Gasteiger charge is -2.62. The summed E-state index contributed by atoms with van der Waals surface area (Å²) in [4.78, 5) is 0. The Bertz CT molecular complexity index is 571. The van der Waals surface area contributed by atoms with Gasteiger partial charge in [-0.05, 0) is 97.7 Å². The average Bonchev–Trinajstić information content (AvgIpc) is 2.99. The topological polar surface area (TPSA) is 40.5 Å². The SMILES string of the molecule is CC[C@]1(O)CC[C@@]2(C)[C@H](CC[C@H]3[C@@H]4C=C[C@H]([C@H](C)CO)[C@@]4(C)CC[C@@H]32)C1. The lowest BCUT2D eigenvalue weighted by Crippen LogP contribution is -2.56. The molecule has 3 fully saturated rings. The molecule has 2 N–H and O–H groups in total. The summed E-state index contributed by atoms with van der Waals surface area (Å²) in [6.07, 6.45) is 14.5. The van der Waals surface area contributed by atoms with Crippen molar-refractivity contribution in [1.82, 2.24) is 0 Å². The van der Waals surface area contributed by atoms with Gasteiger partial charge in [-0.2, -0.15) is 0 Å². The van der Waals surface area contributed by atoms with Crippen molar-refractivity contribution in [2.75, 3.05) is 6.61 Å². The lowest BCUT2D eigenvalue weighted by atomic mass is 9.43. The minimum atomic E-state index is -0.394. The van der Waals surface area contributed by atoms with Crippen molar-refractivity contribution in [2.24, 2.45) is 46.3 Å². The number of hydrogen-bond acceptors (Lipinski definition) is 2. The van der Waals surface area contributed by atoms with Crippen LogP contribution in [-0.2, 0) is 0 Å². The number of rotatable bonds is 3. The van der Waals surface area contributed by atoms with Gasteiger partial charge < -0.3 is 10.2 Å². The summed E-state index contributed by atoms with van der Waals surface area (Å²) in [6, 6.07) is 0. The Labute approximate surface area is 160 Å². The summed E-state index contributed by atoms with van der Waals surface area (Å²) in [7, 11) is 0. The number of aliphatic hydroxyl groups excluding tert-OH is 1.